The number of fused-ring (bicyclic) bond motifs is 13. The molecule has 248 valence electrons. The summed E-state index contributed by atoms with van der Waals surface area (Å²) in [6.07, 6.45) is 0. The first-order valence-corrected chi connectivity index (χ1v) is 18.5. The van der Waals surface area contributed by atoms with Crippen LogP contribution < -0.4 is 4.90 Å². The number of nitrogens with zero attached hydrogens (tertiary/aromatic N) is 1. The molecule has 0 saturated heterocycles. The van der Waals surface area contributed by atoms with Crippen molar-refractivity contribution in [2.24, 2.45) is 0 Å². The molecule has 53 heavy (non-hydrogen) atoms. The molecule has 12 rings (SSSR count). The highest BCUT2D eigenvalue weighted by molar-refractivity contribution is 6.25. The fraction of sp³-hybridized carbons (Fsp3) is 0.0588. The standard InChI is InChI=1S/C51H32FN/c52-32-22-24-33(25-23-32)53(34-26-27-40-38-16-5-4-14-36(38)37-15-6-7-17-39(37)43(40)30-34)46-29-28-35(31-12-2-1-3-13-31)47-48(46)50-42-19-9-11-21-45(42)51(50)44-20-10-8-18-41(44)49(47)51/h1-30,49-50H. The maximum absolute atomic E-state index is 14.7. The second-order valence-corrected chi connectivity index (χ2v) is 14.9. The van der Waals surface area contributed by atoms with Crippen LogP contribution in [0.15, 0.2) is 182 Å². The lowest BCUT2D eigenvalue weighted by molar-refractivity contribution is 0.333. The van der Waals surface area contributed by atoms with Gasteiger partial charge in [0.15, 0.2) is 0 Å². The van der Waals surface area contributed by atoms with Gasteiger partial charge in [0.05, 0.1) is 5.69 Å². The molecule has 0 saturated carbocycles. The summed E-state index contributed by atoms with van der Waals surface area (Å²) in [5.41, 5.74) is 14.1. The van der Waals surface area contributed by atoms with Gasteiger partial charge in [-0.1, -0.05) is 140 Å². The summed E-state index contributed by atoms with van der Waals surface area (Å²) >= 11 is 0. The summed E-state index contributed by atoms with van der Waals surface area (Å²) in [6.45, 7) is 0. The van der Waals surface area contributed by atoms with E-state index in [9.17, 15) is 4.39 Å². The summed E-state index contributed by atoms with van der Waals surface area (Å²) < 4.78 is 14.7. The molecule has 0 amide bonds. The number of rotatable bonds is 4. The first-order valence-electron chi connectivity index (χ1n) is 18.5. The molecule has 0 N–H and O–H groups in total. The fourth-order valence-electron chi connectivity index (χ4n) is 10.6. The summed E-state index contributed by atoms with van der Waals surface area (Å²) in [7, 11) is 0. The van der Waals surface area contributed by atoms with E-state index in [1.165, 1.54) is 76.8 Å². The monoisotopic (exact) mass is 677 g/mol. The van der Waals surface area contributed by atoms with E-state index in [4.69, 9.17) is 0 Å². The second-order valence-electron chi connectivity index (χ2n) is 14.9. The Morgan fingerprint density at radius 2 is 0.925 bits per heavy atom. The minimum absolute atomic E-state index is 0.109. The molecular formula is C51H32FN. The Morgan fingerprint density at radius 3 is 1.57 bits per heavy atom. The van der Waals surface area contributed by atoms with Crippen LogP contribution in [0.4, 0.5) is 21.5 Å². The van der Waals surface area contributed by atoms with E-state index in [2.05, 4.69) is 163 Å². The minimum Gasteiger partial charge on any atom is -0.310 e. The van der Waals surface area contributed by atoms with Crippen molar-refractivity contribution in [3.05, 3.63) is 221 Å². The van der Waals surface area contributed by atoms with Crippen LogP contribution >= 0.6 is 0 Å². The van der Waals surface area contributed by atoms with Gasteiger partial charge in [-0.3, -0.25) is 0 Å². The van der Waals surface area contributed by atoms with Crippen molar-refractivity contribution in [1.29, 1.82) is 0 Å². The summed E-state index contributed by atoms with van der Waals surface area (Å²) in [5.74, 6) is 0.195. The number of halogens is 1. The smallest absolute Gasteiger partial charge is 0.123 e. The van der Waals surface area contributed by atoms with Gasteiger partial charge in [0.1, 0.15) is 5.82 Å². The summed E-state index contributed by atoms with van der Waals surface area (Å²) in [4.78, 5) is 2.39. The van der Waals surface area contributed by atoms with E-state index >= 15 is 0 Å². The number of hydrogen-bond acceptors (Lipinski definition) is 1. The van der Waals surface area contributed by atoms with Crippen LogP contribution in [0.2, 0.25) is 0 Å². The Hall–Kier alpha value is -6.51. The van der Waals surface area contributed by atoms with Gasteiger partial charge in [0, 0.05) is 28.6 Å². The van der Waals surface area contributed by atoms with Crippen LogP contribution in [0.5, 0.6) is 0 Å². The molecule has 0 fully saturated rings. The highest BCUT2D eigenvalue weighted by Crippen LogP contribution is 2.79. The second kappa shape index (κ2) is 10.5. The lowest BCUT2D eigenvalue weighted by Crippen LogP contribution is -2.52. The first kappa shape index (κ1) is 29.1. The van der Waals surface area contributed by atoms with E-state index in [1.807, 2.05) is 12.1 Å². The Balaban J connectivity index is 1.18. The van der Waals surface area contributed by atoms with Gasteiger partial charge in [-0.15, -0.1) is 0 Å². The average Bonchev–Trinajstić information content (AvgIpc) is 3.44. The molecule has 1 nitrogen and oxygen atoms in total. The van der Waals surface area contributed by atoms with Crippen molar-refractivity contribution in [3.8, 4) is 11.1 Å². The molecule has 3 aliphatic carbocycles. The molecule has 0 aliphatic heterocycles. The van der Waals surface area contributed by atoms with Gasteiger partial charge < -0.3 is 4.90 Å². The molecule has 3 atom stereocenters. The van der Waals surface area contributed by atoms with Crippen molar-refractivity contribution >= 4 is 49.4 Å². The van der Waals surface area contributed by atoms with Crippen molar-refractivity contribution in [2.75, 3.05) is 4.90 Å². The molecule has 0 radical (unpaired) electrons. The van der Waals surface area contributed by atoms with E-state index in [0.717, 1.165) is 17.1 Å². The van der Waals surface area contributed by atoms with Gasteiger partial charge in [0.2, 0.25) is 0 Å². The van der Waals surface area contributed by atoms with Crippen LogP contribution in [0.1, 0.15) is 45.2 Å². The van der Waals surface area contributed by atoms with Crippen molar-refractivity contribution in [3.63, 3.8) is 0 Å². The van der Waals surface area contributed by atoms with Crippen LogP contribution in [-0.2, 0) is 5.41 Å². The SMILES string of the molecule is Fc1ccc(N(c2ccc3c4ccccc4c4ccccc4c3c2)c2ccc(-c3ccccc3)c3c2C2c4ccccc4C24c2ccccc2C34)cc1. The molecule has 0 heterocycles. The topological polar surface area (TPSA) is 3.24 Å². The Morgan fingerprint density at radius 1 is 0.415 bits per heavy atom. The van der Waals surface area contributed by atoms with Gasteiger partial charge in [-0.05, 0) is 119 Å². The average molecular weight is 678 g/mol. The molecule has 9 aromatic rings. The predicted octanol–water partition coefficient (Wildman–Crippen LogP) is 13.3. The lowest BCUT2D eigenvalue weighted by atomic mass is 9.43. The maximum atomic E-state index is 14.7. The molecule has 3 aliphatic rings. The van der Waals surface area contributed by atoms with Crippen LogP contribution in [0.25, 0.3) is 43.4 Å². The van der Waals surface area contributed by atoms with Crippen LogP contribution in [0, 0.1) is 5.82 Å². The van der Waals surface area contributed by atoms with Crippen molar-refractivity contribution < 1.29 is 4.39 Å². The number of benzene rings is 9. The third-order valence-corrected chi connectivity index (χ3v) is 12.6. The van der Waals surface area contributed by atoms with Gasteiger partial charge >= 0.3 is 0 Å². The normalized spacial score (nSPS) is 18.7. The fourth-order valence-corrected chi connectivity index (χ4v) is 10.6. The van der Waals surface area contributed by atoms with Crippen molar-refractivity contribution in [2.45, 2.75) is 17.3 Å². The zero-order valence-corrected chi connectivity index (χ0v) is 28.8. The molecule has 9 aromatic carbocycles. The van der Waals surface area contributed by atoms with Gasteiger partial charge in [-0.2, -0.15) is 0 Å². The Bertz CT molecular complexity index is 2950. The minimum atomic E-state index is -0.241. The third kappa shape index (κ3) is 3.65. The van der Waals surface area contributed by atoms with E-state index in [-0.39, 0.29) is 23.1 Å². The van der Waals surface area contributed by atoms with Crippen molar-refractivity contribution in [1.82, 2.24) is 0 Å². The zero-order chi connectivity index (χ0) is 34.8. The lowest BCUT2D eigenvalue weighted by Gasteiger charge is -2.58. The molecule has 0 bridgehead atoms. The van der Waals surface area contributed by atoms with E-state index < -0.39 is 0 Å². The Labute approximate surface area is 307 Å². The van der Waals surface area contributed by atoms with Crippen LogP contribution in [-0.4, -0.2) is 0 Å². The quantitative estimate of drug-likeness (QED) is 0.168. The highest BCUT2D eigenvalue weighted by Gasteiger charge is 2.70. The van der Waals surface area contributed by atoms with Crippen LogP contribution in [0.3, 0.4) is 0 Å². The maximum Gasteiger partial charge on any atom is 0.123 e. The van der Waals surface area contributed by atoms with E-state index in [1.54, 1.807) is 12.1 Å². The number of hydrogen-bond donors (Lipinski definition) is 0. The molecule has 2 heteroatoms. The number of anilines is 3. The summed E-state index contributed by atoms with van der Waals surface area (Å²) in [6, 6.07) is 65.2. The molecular weight excluding hydrogens is 646 g/mol. The zero-order valence-electron chi connectivity index (χ0n) is 28.8. The molecule has 1 spiro atoms. The van der Waals surface area contributed by atoms with Gasteiger partial charge in [-0.25, -0.2) is 4.39 Å². The largest absolute Gasteiger partial charge is 0.310 e. The molecule has 3 unspecified atom stereocenters. The molecule has 0 aromatic heterocycles. The predicted molar refractivity (Wildman–Crippen MR) is 216 cm³/mol. The van der Waals surface area contributed by atoms with Gasteiger partial charge in [0.25, 0.3) is 0 Å². The highest BCUT2D eigenvalue weighted by atomic mass is 19.1. The first-order chi connectivity index (χ1) is 26.2. The third-order valence-electron chi connectivity index (χ3n) is 12.6. The summed E-state index contributed by atoms with van der Waals surface area (Å²) in [5, 5.41) is 7.42. The Kier molecular flexibility index (Phi) is 5.78. The van der Waals surface area contributed by atoms with E-state index in [0.29, 0.717) is 0 Å².